The van der Waals surface area contributed by atoms with E-state index in [1.807, 2.05) is 18.2 Å². The fourth-order valence-electron chi connectivity index (χ4n) is 6.11. The van der Waals surface area contributed by atoms with Gasteiger partial charge in [-0.25, -0.2) is 15.0 Å². The van der Waals surface area contributed by atoms with Crippen molar-refractivity contribution in [2.75, 3.05) is 50.7 Å². The average molecular weight is 626 g/mol. The molecule has 1 saturated carbocycles. The molecule has 3 atom stereocenters. The van der Waals surface area contributed by atoms with Crippen molar-refractivity contribution < 1.29 is 14.6 Å². The standard InChI is InChI=1S/C32H38Cl2N6O3/c1-21(31(41)42)2-5-38-8-10-40(11-9-38)32-35-18-28(19-36-32)43-30-13-22(20-39-6-3-23-14-24(23)4-7-39)12-29(37-30)25-15-26(33)17-27(34)16-25/h12-13,15-19,21,23-24H,2-11,14,20H2,1H3,(H,41,42)/t21?,23-,24?/m1/s1. The molecular formula is C32H38Cl2N6O3. The number of aliphatic carboxylic acids is 1. The average Bonchev–Trinajstić information content (AvgIpc) is 3.77. The maximum absolute atomic E-state index is 11.1. The van der Waals surface area contributed by atoms with Gasteiger partial charge in [0, 0.05) is 54.4 Å². The number of rotatable bonds is 10. The van der Waals surface area contributed by atoms with Crippen molar-refractivity contribution in [2.45, 2.75) is 39.2 Å². The minimum atomic E-state index is -0.741. The summed E-state index contributed by atoms with van der Waals surface area (Å²) in [7, 11) is 0. The quantitative estimate of drug-likeness (QED) is 0.287. The molecular weight excluding hydrogens is 587 g/mol. The zero-order chi connectivity index (χ0) is 29.9. The van der Waals surface area contributed by atoms with Crippen LogP contribution in [0.15, 0.2) is 42.7 Å². The third-order valence-electron chi connectivity index (χ3n) is 8.92. The van der Waals surface area contributed by atoms with Gasteiger partial charge >= 0.3 is 5.97 Å². The number of likely N-dealkylation sites (tertiary alicyclic amines) is 1. The second kappa shape index (κ2) is 13.3. The zero-order valence-corrected chi connectivity index (χ0v) is 26.0. The number of ether oxygens (including phenoxy) is 1. The third kappa shape index (κ3) is 7.95. The molecule has 3 aliphatic rings. The Balaban J connectivity index is 1.13. The zero-order valence-electron chi connectivity index (χ0n) is 24.5. The van der Waals surface area contributed by atoms with Crippen LogP contribution in [0.5, 0.6) is 11.6 Å². The smallest absolute Gasteiger partial charge is 0.306 e. The highest BCUT2D eigenvalue weighted by molar-refractivity contribution is 6.35. The molecule has 4 heterocycles. The SMILES string of the molecule is CC(CCN1CCN(c2ncc(Oc3cc(CN4CCC5C[C@H]5CC4)cc(-c4cc(Cl)cc(Cl)c4)n3)cn2)CC1)C(=O)O. The highest BCUT2D eigenvalue weighted by Crippen LogP contribution is 2.45. The molecule has 11 heteroatoms. The van der Waals surface area contributed by atoms with Crippen molar-refractivity contribution in [1.82, 2.24) is 24.8 Å². The first-order chi connectivity index (χ1) is 20.8. The van der Waals surface area contributed by atoms with Crippen LogP contribution in [0.2, 0.25) is 10.0 Å². The van der Waals surface area contributed by atoms with Crippen LogP contribution in [0.3, 0.4) is 0 Å². The Bertz CT molecular complexity index is 1400. The van der Waals surface area contributed by atoms with E-state index in [9.17, 15) is 4.79 Å². The molecule has 0 radical (unpaired) electrons. The van der Waals surface area contributed by atoms with Gasteiger partial charge in [0.15, 0.2) is 5.75 Å². The first-order valence-corrected chi connectivity index (χ1v) is 15.9. The molecule has 6 rings (SSSR count). The van der Waals surface area contributed by atoms with E-state index in [0.29, 0.717) is 34.0 Å². The minimum absolute atomic E-state index is 0.330. The molecule has 0 amide bonds. The largest absolute Gasteiger partial charge is 0.481 e. The first-order valence-electron chi connectivity index (χ1n) is 15.2. The maximum atomic E-state index is 11.1. The monoisotopic (exact) mass is 624 g/mol. The highest BCUT2D eigenvalue weighted by atomic mass is 35.5. The Hall–Kier alpha value is -2.98. The number of fused-ring (bicyclic) bond motifs is 1. The van der Waals surface area contributed by atoms with E-state index in [4.69, 9.17) is 38.0 Å². The lowest BCUT2D eigenvalue weighted by Crippen LogP contribution is -2.47. The van der Waals surface area contributed by atoms with Crippen molar-refractivity contribution in [1.29, 1.82) is 0 Å². The number of anilines is 1. The van der Waals surface area contributed by atoms with Crippen molar-refractivity contribution >= 4 is 35.1 Å². The van der Waals surface area contributed by atoms with Crippen molar-refractivity contribution in [3.63, 3.8) is 0 Å². The fraction of sp³-hybridized carbons (Fsp3) is 0.500. The fourth-order valence-corrected chi connectivity index (χ4v) is 6.64. The highest BCUT2D eigenvalue weighted by Gasteiger charge is 2.38. The van der Waals surface area contributed by atoms with E-state index in [1.54, 1.807) is 25.4 Å². The van der Waals surface area contributed by atoms with Crippen LogP contribution in [0.1, 0.15) is 38.2 Å². The topological polar surface area (TPSA) is 94.9 Å². The Morgan fingerprint density at radius 2 is 1.63 bits per heavy atom. The van der Waals surface area contributed by atoms with Crippen molar-refractivity contribution in [3.8, 4) is 22.9 Å². The van der Waals surface area contributed by atoms with Crippen LogP contribution >= 0.6 is 23.2 Å². The molecule has 3 aromatic rings. The lowest BCUT2D eigenvalue weighted by molar-refractivity contribution is -0.141. The molecule has 0 bridgehead atoms. The number of piperazine rings is 1. The lowest BCUT2D eigenvalue weighted by atomic mass is 10.1. The Morgan fingerprint density at radius 1 is 0.953 bits per heavy atom. The van der Waals surface area contributed by atoms with Gasteiger partial charge in [-0.15, -0.1) is 0 Å². The van der Waals surface area contributed by atoms with Gasteiger partial charge in [-0.1, -0.05) is 30.1 Å². The van der Waals surface area contributed by atoms with Crippen LogP contribution in [0.4, 0.5) is 5.95 Å². The summed E-state index contributed by atoms with van der Waals surface area (Å²) in [6.07, 6.45) is 7.99. The molecule has 2 aromatic heterocycles. The van der Waals surface area contributed by atoms with Crippen LogP contribution in [0.25, 0.3) is 11.3 Å². The van der Waals surface area contributed by atoms with E-state index >= 15 is 0 Å². The summed E-state index contributed by atoms with van der Waals surface area (Å²) in [6.45, 7) is 8.86. The number of aromatic nitrogens is 3. The van der Waals surface area contributed by atoms with Gasteiger partial charge in [0.1, 0.15) is 0 Å². The first kappa shape index (κ1) is 30.1. The molecule has 2 aliphatic heterocycles. The van der Waals surface area contributed by atoms with Gasteiger partial charge in [0.2, 0.25) is 11.8 Å². The molecule has 9 nitrogen and oxygen atoms in total. The van der Waals surface area contributed by atoms with E-state index in [-0.39, 0.29) is 5.92 Å². The Kier molecular flexibility index (Phi) is 9.33. The van der Waals surface area contributed by atoms with Crippen LogP contribution < -0.4 is 9.64 Å². The van der Waals surface area contributed by atoms with Gasteiger partial charge in [-0.3, -0.25) is 14.6 Å². The minimum Gasteiger partial charge on any atom is -0.481 e. The lowest BCUT2D eigenvalue weighted by Gasteiger charge is -2.34. The molecule has 1 N–H and O–H groups in total. The summed E-state index contributed by atoms with van der Waals surface area (Å²) >= 11 is 12.7. The Morgan fingerprint density at radius 3 is 2.28 bits per heavy atom. The van der Waals surface area contributed by atoms with Gasteiger partial charge in [-0.05, 0) is 87.0 Å². The summed E-state index contributed by atoms with van der Waals surface area (Å²) in [5.41, 5.74) is 2.71. The van der Waals surface area contributed by atoms with Gasteiger partial charge in [-0.2, -0.15) is 0 Å². The molecule has 228 valence electrons. The van der Waals surface area contributed by atoms with Gasteiger partial charge < -0.3 is 14.7 Å². The second-order valence-corrected chi connectivity index (χ2v) is 13.0. The van der Waals surface area contributed by atoms with Crippen LogP contribution in [-0.4, -0.2) is 81.6 Å². The number of nitrogens with zero attached hydrogens (tertiary/aromatic N) is 6. The van der Waals surface area contributed by atoms with E-state index in [0.717, 1.165) is 81.0 Å². The number of carboxylic acid groups (broad SMARTS) is 1. The molecule has 2 saturated heterocycles. The molecule has 3 fully saturated rings. The van der Waals surface area contributed by atoms with Crippen LogP contribution in [-0.2, 0) is 11.3 Å². The van der Waals surface area contributed by atoms with E-state index in [1.165, 1.54) is 19.3 Å². The molecule has 43 heavy (non-hydrogen) atoms. The number of carbonyl (C=O) groups is 1. The number of halogens is 2. The number of hydrogen-bond acceptors (Lipinski definition) is 8. The Labute approximate surface area is 262 Å². The van der Waals surface area contributed by atoms with E-state index < -0.39 is 5.97 Å². The van der Waals surface area contributed by atoms with Gasteiger partial charge in [0.25, 0.3) is 0 Å². The number of carboxylic acids is 1. The predicted octanol–water partition coefficient (Wildman–Crippen LogP) is 6.10. The second-order valence-electron chi connectivity index (χ2n) is 12.1. The molecule has 1 aliphatic carbocycles. The van der Waals surface area contributed by atoms with Gasteiger partial charge in [0.05, 0.1) is 24.0 Å². The van der Waals surface area contributed by atoms with Crippen molar-refractivity contribution in [3.05, 3.63) is 58.3 Å². The van der Waals surface area contributed by atoms with E-state index in [2.05, 4.69) is 30.7 Å². The molecule has 1 aromatic carbocycles. The number of pyridine rings is 1. The summed E-state index contributed by atoms with van der Waals surface area (Å²) in [5, 5.41) is 10.3. The van der Waals surface area contributed by atoms with Crippen LogP contribution in [0, 0.1) is 17.8 Å². The number of hydrogen-bond donors (Lipinski definition) is 1. The summed E-state index contributed by atoms with van der Waals surface area (Å²) in [5.74, 6) is 2.41. The summed E-state index contributed by atoms with van der Waals surface area (Å²) in [4.78, 5) is 32.1. The normalized spacial score (nSPS) is 21.6. The predicted molar refractivity (Wildman–Crippen MR) is 168 cm³/mol. The molecule has 2 unspecified atom stereocenters. The third-order valence-corrected chi connectivity index (χ3v) is 9.36. The number of benzene rings is 1. The maximum Gasteiger partial charge on any atom is 0.306 e. The summed E-state index contributed by atoms with van der Waals surface area (Å²) in [6, 6.07) is 9.55. The summed E-state index contributed by atoms with van der Waals surface area (Å²) < 4.78 is 6.22. The van der Waals surface area contributed by atoms with Crippen molar-refractivity contribution in [2.24, 2.45) is 17.8 Å². The molecule has 0 spiro atoms.